The van der Waals surface area contributed by atoms with E-state index in [1.165, 1.54) is 0 Å². The van der Waals surface area contributed by atoms with E-state index in [1.54, 1.807) is 0 Å². The Balaban J connectivity index is 1.84. The summed E-state index contributed by atoms with van der Waals surface area (Å²) in [5, 5.41) is 11.5. The number of ether oxygens (including phenoxy) is 2. The van der Waals surface area contributed by atoms with Gasteiger partial charge in [-0.3, -0.25) is 4.79 Å². The number of aryl methyl sites for hydroxylation is 1. The summed E-state index contributed by atoms with van der Waals surface area (Å²) in [5.41, 5.74) is 0.955. The molecule has 1 atom stereocenters. The summed E-state index contributed by atoms with van der Waals surface area (Å²) in [6.07, 6.45) is 1.92. The fourth-order valence-corrected chi connectivity index (χ4v) is 2.17. The van der Waals surface area contributed by atoms with E-state index in [4.69, 9.17) is 14.6 Å². The standard InChI is InChI=1S/C15H19NO5/c1-2-3-11(15(18)19)16-14(17)7-5-10-4-6-12-13(8-10)21-9-20-12/h4,6,8,11H,2-3,5,7,9H2,1H3,(H,16,17)(H,18,19). The van der Waals surface area contributed by atoms with E-state index >= 15 is 0 Å². The Hall–Kier alpha value is -2.24. The van der Waals surface area contributed by atoms with E-state index in [9.17, 15) is 9.59 Å². The number of carboxylic acids is 1. The fraction of sp³-hybridized carbons (Fsp3) is 0.467. The number of rotatable bonds is 7. The lowest BCUT2D eigenvalue weighted by Crippen LogP contribution is -2.40. The molecule has 1 heterocycles. The van der Waals surface area contributed by atoms with Gasteiger partial charge in [0.15, 0.2) is 11.5 Å². The van der Waals surface area contributed by atoms with E-state index < -0.39 is 12.0 Å². The van der Waals surface area contributed by atoms with Crippen molar-refractivity contribution in [3.63, 3.8) is 0 Å². The van der Waals surface area contributed by atoms with Gasteiger partial charge in [0.05, 0.1) is 0 Å². The van der Waals surface area contributed by atoms with Gasteiger partial charge in [0, 0.05) is 6.42 Å². The van der Waals surface area contributed by atoms with Crippen molar-refractivity contribution in [3.05, 3.63) is 23.8 Å². The van der Waals surface area contributed by atoms with Gasteiger partial charge in [0.2, 0.25) is 12.7 Å². The van der Waals surface area contributed by atoms with Gasteiger partial charge >= 0.3 is 5.97 Å². The molecule has 1 aromatic carbocycles. The minimum Gasteiger partial charge on any atom is -0.480 e. The molecule has 0 fully saturated rings. The maximum absolute atomic E-state index is 11.8. The first kappa shape index (κ1) is 15.2. The predicted molar refractivity (Wildman–Crippen MR) is 75.4 cm³/mol. The molecule has 2 rings (SSSR count). The summed E-state index contributed by atoms with van der Waals surface area (Å²) >= 11 is 0. The molecule has 0 spiro atoms. The molecule has 1 amide bonds. The normalized spacial score (nSPS) is 13.8. The van der Waals surface area contributed by atoms with Crippen molar-refractivity contribution >= 4 is 11.9 Å². The minimum atomic E-state index is -0.992. The molecule has 0 saturated carbocycles. The number of hydrogen-bond donors (Lipinski definition) is 2. The van der Waals surface area contributed by atoms with E-state index in [0.717, 1.165) is 5.56 Å². The molecule has 1 aliphatic heterocycles. The Morgan fingerprint density at radius 2 is 2.10 bits per heavy atom. The molecule has 0 bridgehead atoms. The zero-order valence-corrected chi connectivity index (χ0v) is 11.9. The quantitative estimate of drug-likeness (QED) is 0.799. The molecule has 0 radical (unpaired) electrons. The van der Waals surface area contributed by atoms with Crippen LogP contribution in [-0.2, 0) is 16.0 Å². The maximum atomic E-state index is 11.8. The van der Waals surface area contributed by atoms with Crippen LogP contribution < -0.4 is 14.8 Å². The first-order valence-corrected chi connectivity index (χ1v) is 7.01. The van der Waals surface area contributed by atoms with Gasteiger partial charge < -0.3 is 19.9 Å². The van der Waals surface area contributed by atoms with Crippen LogP contribution in [0.4, 0.5) is 0 Å². The summed E-state index contributed by atoms with van der Waals surface area (Å²) in [6.45, 7) is 2.10. The molecule has 21 heavy (non-hydrogen) atoms. The molecule has 1 aliphatic rings. The highest BCUT2D eigenvalue weighted by molar-refractivity contribution is 5.83. The smallest absolute Gasteiger partial charge is 0.326 e. The average Bonchev–Trinajstić information content (AvgIpc) is 2.92. The zero-order valence-electron chi connectivity index (χ0n) is 11.9. The molecule has 6 nitrogen and oxygen atoms in total. The highest BCUT2D eigenvalue weighted by atomic mass is 16.7. The maximum Gasteiger partial charge on any atom is 0.326 e. The Morgan fingerprint density at radius 1 is 1.33 bits per heavy atom. The van der Waals surface area contributed by atoms with Crippen molar-refractivity contribution in [2.75, 3.05) is 6.79 Å². The second-order valence-electron chi connectivity index (χ2n) is 4.93. The number of nitrogens with one attached hydrogen (secondary N) is 1. The van der Waals surface area contributed by atoms with Crippen molar-refractivity contribution in [1.29, 1.82) is 0 Å². The lowest BCUT2D eigenvalue weighted by Gasteiger charge is -2.13. The molecule has 1 aromatic rings. The van der Waals surface area contributed by atoms with Gasteiger partial charge in [0.1, 0.15) is 6.04 Å². The number of carbonyl (C=O) groups is 2. The van der Waals surface area contributed by atoms with Gasteiger partial charge in [0.25, 0.3) is 0 Å². The van der Waals surface area contributed by atoms with E-state index in [1.807, 2.05) is 25.1 Å². The zero-order chi connectivity index (χ0) is 15.2. The second-order valence-corrected chi connectivity index (χ2v) is 4.93. The number of amides is 1. The van der Waals surface area contributed by atoms with E-state index in [-0.39, 0.29) is 19.1 Å². The number of hydrogen-bond acceptors (Lipinski definition) is 4. The minimum absolute atomic E-state index is 0.219. The van der Waals surface area contributed by atoms with Gasteiger partial charge in [-0.1, -0.05) is 19.4 Å². The summed E-state index contributed by atoms with van der Waals surface area (Å²) in [5.74, 6) is 0.140. The summed E-state index contributed by atoms with van der Waals surface area (Å²) in [6, 6.07) is 4.73. The molecular formula is C15H19NO5. The van der Waals surface area contributed by atoms with Crippen molar-refractivity contribution in [2.24, 2.45) is 0 Å². The molecule has 6 heteroatoms. The van der Waals surface area contributed by atoms with Crippen molar-refractivity contribution < 1.29 is 24.2 Å². The lowest BCUT2D eigenvalue weighted by molar-refractivity contribution is -0.142. The van der Waals surface area contributed by atoms with Crippen LogP contribution in [0.3, 0.4) is 0 Å². The molecule has 0 aromatic heterocycles. The Bertz CT molecular complexity index is 529. The number of carboxylic acid groups (broad SMARTS) is 1. The van der Waals surface area contributed by atoms with Crippen LogP contribution in [-0.4, -0.2) is 29.8 Å². The first-order valence-electron chi connectivity index (χ1n) is 7.01. The van der Waals surface area contributed by atoms with Crippen LogP contribution in [0, 0.1) is 0 Å². The van der Waals surface area contributed by atoms with Gasteiger partial charge in [-0.15, -0.1) is 0 Å². The third-order valence-corrected chi connectivity index (χ3v) is 3.29. The van der Waals surface area contributed by atoms with Crippen molar-refractivity contribution in [3.8, 4) is 11.5 Å². The van der Waals surface area contributed by atoms with Crippen LogP contribution in [0.25, 0.3) is 0 Å². The predicted octanol–water partition coefficient (Wildman–Crippen LogP) is 1.72. The number of aliphatic carboxylic acids is 1. The third-order valence-electron chi connectivity index (χ3n) is 3.29. The molecule has 114 valence electrons. The summed E-state index contributed by atoms with van der Waals surface area (Å²) in [7, 11) is 0. The summed E-state index contributed by atoms with van der Waals surface area (Å²) < 4.78 is 10.5. The van der Waals surface area contributed by atoms with Crippen LogP contribution in [0.1, 0.15) is 31.7 Å². The fourth-order valence-electron chi connectivity index (χ4n) is 2.17. The van der Waals surface area contributed by atoms with Crippen LogP contribution in [0.5, 0.6) is 11.5 Å². The Kier molecular flexibility index (Phi) is 5.03. The van der Waals surface area contributed by atoms with Crippen molar-refractivity contribution in [1.82, 2.24) is 5.32 Å². The van der Waals surface area contributed by atoms with Crippen LogP contribution >= 0.6 is 0 Å². The molecule has 1 unspecified atom stereocenters. The monoisotopic (exact) mass is 293 g/mol. The van der Waals surface area contributed by atoms with E-state index in [0.29, 0.717) is 30.8 Å². The van der Waals surface area contributed by atoms with E-state index in [2.05, 4.69) is 5.32 Å². The molecular weight excluding hydrogens is 274 g/mol. The van der Waals surface area contributed by atoms with Gasteiger partial charge in [-0.25, -0.2) is 4.79 Å². The van der Waals surface area contributed by atoms with Crippen LogP contribution in [0.2, 0.25) is 0 Å². The van der Waals surface area contributed by atoms with Gasteiger partial charge in [-0.2, -0.15) is 0 Å². The first-order chi connectivity index (χ1) is 10.1. The molecule has 0 saturated heterocycles. The number of benzene rings is 1. The van der Waals surface area contributed by atoms with Crippen molar-refractivity contribution in [2.45, 2.75) is 38.6 Å². The average molecular weight is 293 g/mol. The topological polar surface area (TPSA) is 84.9 Å². The third kappa shape index (κ3) is 4.11. The number of carbonyl (C=O) groups excluding carboxylic acids is 1. The Morgan fingerprint density at radius 3 is 2.81 bits per heavy atom. The lowest BCUT2D eigenvalue weighted by atomic mass is 10.1. The molecule has 0 aliphatic carbocycles. The highest BCUT2D eigenvalue weighted by Gasteiger charge is 2.19. The largest absolute Gasteiger partial charge is 0.480 e. The number of fused-ring (bicyclic) bond motifs is 1. The Labute approximate surface area is 123 Å². The SMILES string of the molecule is CCCC(NC(=O)CCc1ccc2c(c1)OCO2)C(=O)O. The van der Waals surface area contributed by atoms with Crippen LogP contribution in [0.15, 0.2) is 18.2 Å². The second kappa shape index (κ2) is 6.97. The summed E-state index contributed by atoms with van der Waals surface area (Å²) in [4.78, 5) is 22.8. The van der Waals surface area contributed by atoms with Gasteiger partial charge in [-0.05, 0) is 30.5 Å². The highest BCUT2D eigenvalue weighted by Crippen LogP contribution is 2.32. The molecule has 2 N–H and O–H groups in total.